The van der Waals surface area contributed by atoms with Gasteiger partial charge in [-0.15, -0.1) is 0 Å². The maximum absolute atomic E-state index is 13.5. The van der Waals surface area contributed by atoms with Crippen LogP contribution in [-0.4, -0.2) is 37.7 Å². The summed E-state index contributed by atoms with van der Waals surface area (Å²) >= 11 is 0. The van der Waals surface area contributed by atoms with Crippen LogP contribution in [0, 0.1) is 22.7 Å². The van der Waals surface area contributed by atoms with E-state index in [0.717, 1.165) is 12.1 Å². The van der Waals surface area contributed by atoms with Gasteiger partial charge in [0.25, 0.3) is 0 Å². The van der Waals surface area contributed by atoms with E-state index in [1.54, 1.807) is 12.1 Å². The van der Waals surface area contributed by atoms with Gasteiger partial charge in [0, 0.05) is 12.2 Å². The van der Waals surface area contributed by atoms with Gasteiger partial charge in [-0.3, -0.25) is 4.79 Å². The number of benzene rings is 2. The Morgan fingerprint density at radius 3 is 2.44 bits per heavy atom. The van der Waals surface area contributed by atoms with Crippen LogP contribution in [0.5, 0.6) is 0 Å². The Bertz CT molecular complexity index is 1320. The SMILES string of the molecule is N#Cc1cccc(N2CC(S(=O)(=O)c3ccccc3C(F)(F)F)CC2C(=O)NC2(C#N)CC2)c1. The number of nitriles is 2. The summed E-state index contributed by atoms with van der Waals surface area (Å²) in [5.41, 5.74) is -1.59. The molecule has 2 unspecified atom stereocenters. The number of amides is 1. The number of nitrogens with one attached hydrogen (secondary N) is 1. The number of rotatable bonds is 5. The fourth-order valence-electron chi connectivity index (χ4n) is 4.15. The van der Waals surface area contributed by atoms with Gasteiger partial charge in [0.05, 0.1) is 33.4 Å². The van der Waals surface area contributed by atoms with Crippen LogP contribution in [0.4, 0.5) is 18.9 Å². The second kappa shape index (κ2) is 8.33. The van der Waals surface area contributed by atoms with Crippen molar-refractivity contribution in [2.45, 2.75) is 47.2 Å². The Morgan fingerprint density at radius 1 is 1.12 bits per heavy atom. The smallest absolute Gasteiger partial charge is 0.358 e. The Labute approximate surface area is 194 Å². The van der Waals surface area contributed by atoms with E-state index in [1.165, 1.54) is 23.1 Å². The first kappa shape index (κ1) is 23.6. The van der Waals surface area contributed by atoms with Crippen molar-refractivity contribution in [3.8, 4) is 12.1 Å². The first-order valence-corrected chi connectivity index (χ1v) is 12.0. The number of carbonyl (C=O) groups is 1. The summed E-state index contributed by atoms with van der Waals surface area (Å²) in [7, 11) is -4.48. The van der Waals surface area contributed by atoms with E-state index >= 15 is 0 Å². The summed E-state index contributed by atoms with van der Waals surface area (Å²) in [4.78, 5) is 13.7. The zero-order chi connectivity index (χ0) is 24.7. The van der Waals surface area contributed by atoms with Crippen LogP contribution in [0.15, 0.2) is 53.4 Å². The van der Waals surface area contributed by atoms with Crippen LogP contribution in [0.25, 0.3) is 0 Å². The van der Waals surface area contributed by atoms with E-state index in [0.29, 0.717) is 24.6 Å². The molecule has 2 fully saturated rings. The van der Waals surface area contributed by atoms with Gasteiger partial charge in [-0.25, -0.2) is 8.42 Å². The number of nitrogens with zero attached hydrogens (tertiary/aromatic N) is 3. The maximum atomic E-state index is 13.5. The molecule has 1 aliphatic heterocycles. The molecule has 0 aromatic heterocycles. The number of anilines is 1. The molecule has 1 saturated heterocycles. The second-order valence-corrected chi connectivity index (χ2v) is 10.6. The Morgan fingerprint density at radius 2 is 1.82 bits per heavy atom. The fraction of sp³-hybridized carbons (Fsp3) is 0.348. The van der Waals surface area contributed by atoms with Crippen molar-refractivity contribution in [3.63, 3.8) is 0 Å². The number of hydrogen-bond acceptors (Lipinski definition) is 6. The lowest BCUT2D eigenvalue weighted by Crippen LogP contribution is -2.47. The molecule has 0 radical (unpaired) electrons. The molecule has 1 amide bonds. The van der Waals surface area contributed by atoms with Gasteiger partial charge in [-0.05, 0) is 49.6 Å². The summed E-state index contributed by atoms with van der Waals surface area (Å²) in [6, 6.07) is 13.1. The van der Waals surface area contributed by atoms with Crippen LogP contribution >= 0.6 is 0 Å². The van der Waals surface area contributed by atoms with Crippen LogP contribution in [-0.2, 0) is 20.8 Å². The minimum atomic E-state index is -4.87. The normalized spacial score (nSPS) is 21.4. The molecule has 34 heavy (non-hydrogen) atoms. The standard InChI is InChI=1S/C23H19F3N4O3S/c24-23(25,26)18-6-1-2-7-20(18)34(32,33)17-11-19(21(31)29-22(14-28)8-9-22)30(13-17)16-5-3-4-15(10-16)12-27/h1-7,10,17,19H,8-9,11,13H2,(H,29,31). The second-order valence-electron chi connectivity index (χ2n) is 8.41. The Hall–Kier alpha value is -3.57. The maximum Gasteiger partial charge on any atom is 0.417 e. The van der Waals surface area contributed by atoms with Crippen LogP contribution in [0.1, 0.15) is 30.4 Å². The lowest BCUT2D eigenvalue weighted by Gasteiger charge is -2.26. The third-order valence-electron chi connectivity index (χ3n) is 6.14. The monoisotopic (exact) mass is 488 g/mol. The molecule has 1 heterocycles. The zero-order valence-corrected chi connectivity index (χ0v) is 18.5. The highest BCUT2D eigenvalue weighted by Gasteiger charge is 2.50. The van der Waals surface area contributed by atoms with Gasteiger partial charge in [0.1, 0.15) is 11.6 Å². The predicted octanol–water partition coefficient (Wildman–Crippen LogP) is 3.17. The average Bonchev–Trinajstić information content (AvgIpc) is 3.43. The first-order chi connectivity index (χ1) is 16.0. The molecule has 2 aliphatic rings. The molecule has 2 aromatic rings. The van der Waals surface area contributed by atoms with Gasteiger partial charge < -0.3 is 10.2 Å². The van der Waals surface area contributed by atoms with E-state index < -0.39 is 49.2 Å². The molecule has 1 aliphatic carbocycles. The van der Waals surface area contributed by atoms with E-state index in [9.17, 15) is 36.9 Å². The van der Waals surface area contributed by atoms with Crippen molar-refractivity contribution >= 4 is 21.4 Å². The molecule has 2 atom stereocenters. The molecule has 7 nitrogen and oxygen atoms in total. The van der Waals surface area contributed by atoms with Crippen molar-refractivity contribution < 1.29 is 26.4 Å². The van der Waals surface area contributed by atoms with Gasteiger partial charge in [-0.2, -0.15) is 23.7 Å². The summed E-state index contributed by atoms with van der Waals surface area (Å²) in [5.74, 6) is -0.580. The van der Waals surface area contributed by atoms with Crippen molar-refractivity contribution in [1.82, 2.24) is 5.32 Å². The molecule has 0 spiro atoms. The van der Waals surface area contributed by atoms with Gasteiger partial charge in [0.2, 0.25) is 5.91 Å². The molecular formula is C23H19F3N4O3S. The number of carbonyl (C=O) groups excluding carboxylic acids is 1. The van der Waals surface area contributed by atoms with Crippen LogP contribution < -0.4 is 10.2 Å². The number of halogens is 3. The molecule has 176 valence electrons. The Balaban J connectivity index is 1.72. The van der Waals surface area contributed by atoms with E-state index in [1.807, 2.05) is 12.1 Å². The minimum Gasteiger partial charge on any atom is -0.358 e. The number of sulfone groups is 1. The largest absolute Gasteiger partial charge is 0.417 e. The molecule has 0 bridgehead atoms. The topological polar surface area (TPSA) is 114 Å². The van der Waals surface area contributed by atoms with Crippen LogP contribution in [0.2, 0.25) is 0 Å². The van der Waals surface area contributed by atoms with E-state index in [2.05, 4.69) is 5.32 Å². The highest BCUT2D eigenvalue weighted by molar-refractivity contribution is 7.92. The van der Waals surface area contributed by atoms with E-state index in [4.69, 9.17) is 0 Å². The lowest BCUT2D eigenvalue weighted by molar-refractivity contribution is -0.139. The van der Waals surface area contributed by atoms with E-state index in [-0.39, 0.29) is 18.5 Å². The third kappa shape index (κ3) is 4.31. The summed E-state index contributed by atoms with van der Waals surface area (Å²) in [5, 5.41) is 19.9. The van der Waals surface area contributed by atoms with Crippen LogP contribution in [0.3, 0.4) is 0 Å². The molecule has 1 N–H and O–H groups in total. The molecular weight excluding hydrogens is 469 g/mol. The van der Waals surface area contributed by atoms with Crippen molar-refractivity contribution in [3.05, 3.63) is 59.7 Å². The van der Waals surface area contributed by atoms with Crippen molar-refractivity contribution in [1.29, 1.82) is 10.5 Å². The molecule has 1 saturated carbocycles. The average molecular weight is 488 g/mol. The Kier molecular flexibility index (Phi) is 5.78. The molecule has 11 heteroatoms. The summed E-state index contributed by atoms with van der Waals surface area (Å²) in [6.45, 7) is -0.249. The van der Waals surface area contributed by atoms with Crippen molar-refractivity contribution in [2.75, 3.05) is 11.4 Å². The highest BCUT2D eigenvalue weighted by Crippen LogP contribution is 2.39. The predicted molar refractivity (Wildman–Crippen MR) is 115 cm³/mol. The lowest BCUT2D eigenvalue weighted by atomic mass is 10.1. The quantitative estimate of drug-likeness (QED) is 0.692. The number of alkyl halides is 3. The van der Waals surface area contributed by atoms with Crippen molar-refractivity contribution in [2.24, 2.45) is 0 Å². The van der Waals surface area contributed by atoms with Gasteiger partial charge in [-0.1, -0.05) is 18.2 Å². The molecule has 4 rings (SSSR count). The van der Waals surface area contributed by atoms with Gasteiger partial charge >= 0.3 is 6.18 Å². The minimum absolute atomic E-state index is 0.249. The third-order valence-corrected chi connectivity index (χ3v) is 8.32. The summed E-state index contributed by atoms with van der Waals surface area (Å²) < 4.78 is 67.3. The van der Waals surface area contributed by atoms with Gasteiger partial charge in [0.15, 0.2) is 9.84 Å². The zero-order valence-electron chi connectivity index (χ0n) is 17.7. The number of hydrogen-bond donors (Lipinski definition) is 1. The first-order valence-electron chi connectivity index (χ1n) is 10.4. The fourth-order valence-corrected chi connectivity index (χ4v) is 6.06. The molecule has 2 aromatic carbocycles. The highest BCUT2D eigenvalue weighted by atomic mass is 32.2. The summed E-state index contributed by atoms with van der Waals surface area (Å²) in [6.07, 6.45) is -4.21.